The molecule has 94 valence electrons. The first-order chi connectivity index (χ1) is 9.09. The molecule has 1 aromatic rings. The molecular weight excluding hydrogens is 258 g/mol. The molecule has 0 spiro atoms. The van der Waals surface area contributed by atoms with Crippen molar-refractivity contribution >= 4 is 23.1 Å². The molecule has 4 heteroatoms. The minimum atomic E-state index is -0.992. The topological polar surface area (TPSA) is 61.1 Å². The minimum absolute atomic E-state index is 0.196. The van der Waals surface area contributed by atoms with Gasteiger partial charge in [0.2, 0.25) is 0 Å². The molecule has 1 aliphatic rings. The Morgan fingerprint density at radius 1 is 1.37 bits per heavy atom. The third kappa shape index (κ3) is 2.47. The summed E-state index contributed by atoms with van der Waals surface area (Å²) < 4.78 is 0. The number of carbonyl (C=O) groups is 1. The van der Waals surface area contributed by atoms with E-state index >= 15 is 0 Å². The van der Waals surface area contributed by atoms with Gasteiger partial charge in [-0.15, -0.1) is 0 Å². The summed E-state index contributed by atoms with van der Waals surface area (Å²) in [6, 6.07) is 11.5. The summed E-state index contributed by atoms with van der Waals surface area (Å²) in [5, 5.41) is 18.3. The van der Waals surface area contributed by atoms with Crippen molar-refractivity contribution in [3.8, 4) is 6.07 Å². The fourth-order valence-electron chi connectivity index (χ4n) is 1.95. The van der Waals surface area contributed by atoms with Crippen LogP contribution < -0.4 is 0 Å². The third-order valence-corrected chi connectivity index (χ3v) is 3.68. The van der Waals surface area contributed by atoms with Gasteiger partial charge in [0.15, 0.2) is 0 Å². The van der Waals surface area contributed by atoms with Gasteiger partial charge in [-0.2, -0.15) is 5.26 Å². The van der Waals surface area contributed by atoms with E-state index in [4.69, 9.17) is 17.3 Å². The van der Waals surface area contributed by atoms with Crippen LogP contribution in [-0.2, 0) is 4.79 Å². The average molecular weight is 269 g/mol. The van der Waals surface area contributed by atoms with Crippen LogP contribution >= 0.6 is 12.2 Å². The van der Waals surface area contributed by atoms with Crippen LogP contribution in [-0.4, -0.2) is 15.9 Å². The van der Waals surface area contributed by atoms with Crippen molar-refractivity contribution in [1.29, 1.82) is 5.26 Å². The van der Waals surface area contributed by atoms with Gasteiger partial charge in [-0.3, -0.25) is 0 Å². The van der Waals surface area contributed by atoms with Crippen LogP contribution in [0.3, 0.4) is 0 Å². The van der Waals surface area contributed by atoms with Crippen LogP contribution in [0.2, 0.25) is 0 Å². The molecule has 0 aromatic heterocycles. The molecule has 1 N–H and O–H groups in total. The van der Waals surface area contributed by atoms with Crippen molar-refractivity contribution in [2.24, 2.45) is 5.41 Å². The van der Waals surface area contributed by atoms with Gasteiger partial charge in [0.25, 0.3) is 0 Å². The second-order valence-corrected chi connectivity index (χ2v) is 4.69. The van der Waals surface area contributed by atoms with Crippen LogP contribution in [0.25, 0.3) is 0 Å². The molecule has 0 saturated heterocycles. The minimum Gasteiger partial charge on any atom is -0.478 e. The number of carboxylic acid groups (broad SMARTS) is 1. The predicted octanol–water partition coefficient (Wildman–Crippen LogP) is 2.89. The first-order valence-electron chi connectivity index (χ1n) is 5.73. The first kappa shape index (κ1) is 13.2. The highest BCUT2D eigenvalue weighted by molar-refractivity contribution is 7.81. The Bertz CT molecular complexity index is 625. The predicted molar refractivity (Wildman–Crippen MR) is 75.7 cm³/mol. The molecule has 2 rings (SSSR count). The number of rotatable bonds is 3. The zero-order valence-corrected chi connectivity index (χ0v) is 10.9. The van der Waals surface area contributed by atoms with E-state index in [9.17, 15) is 10.1 Å². The molecule has 1 unspecified atom stereocenters. The van der Waals surface area contributed by atoms with Gasteiger partial charge in [0.05, 0.1) is 11.6 Å². The molecule has 0 heterocycles. The summed E-state index contributed by atoms with van der Waals surface area (Å²) in [6.45, 7) is 0. The molecule has 1 atom stereocenters. The Kier molecular flexibility index (Phi) is 3.59. The van der Waals surface area contributed by atoms with E-state index in [0.717, 1.165) is 5.56 Å². The fraction of sp³-hybridized carbons (Fsp3) is 0.133. The zero-order valence-electron chi connectivity index (χ0n) is 10.0. The number of thiocarbonyl (C=S) groups is 1. The number of nitrogens with zero attached hydrogens (tertiary/aromatic N) is 1. The van der Waals surface area contributed by atoms with Crippen molar-refractivity contribution in [2.45, 2.75) is 6.42 Å². The van der Waals surface area contributed by atoms with Crippen molar-refractivity contribution in [1.82, 2.24) is 0 Å². The summed E-state index contributed by atoms with van der Waals surface area (Å²) in [5.41, 5.74) is 0.0768. The molecule has 1 aliphatic carbocycles. The Morgan fingerprint density at radius 3 is 2.53 bits per heavy atom. The number of allylic oxidation sites excluding steroid dienone is 2. The van der Waals surface area contributed by atoms with Gasteiger partial charge < -0.3 is 5.11 Å². The Hall–Kier alpha value is -2.25. The van der Waals surface area contributed by atoms with Gasteiger partial charge in [-0.1, -0.05) is 60.8 Å². The highest BCUT2D eigenvalue weighted by Crippen LogP contribution is 2.33. The largest absolute Gasteiger partial charge is 0.478 e. The second-order valence-electron chi connectivity index (χ2n) is 4.28. The van der Waals surface area contributed by atoms with Crippen LogP contribution in [0.15, 0.2) is 54.1 Å². The molecule has 0 radical (unpaired) electrons. The lowest BCUT2D eigenvalue weighted by molar-refractivity contribution is -0.132. The van der Waals surface area contributed by atoms with Crippen LogP contribution in [0.1, 0.15) is 12.0 Å². The van der Waals surface area contributed by atoms with E-state index in [2.05, 4.69) is 6.07 Å². The monoisotopic (exact) mass is 269 g/mol. The lowest BCUT2D eigenvalue weighted by Gasteiger charge is -2.25. The lowest BCUT2D eigenvalue weighted by atomic mass is 9.76. The van der Waals surface area contributed by atoms with Gasteiger partial charge in [0, 0.05) is 4.86 Å². The summed E-state index contributed by atoms with van der Waals surface area (Å²) >= 11 is 5.41. The Morgan fingerprint density at radius 2 is 2.05 bits per heavy atom. The highest BCUT2D eigenvalue weighted by Gasteiger charge is 2.34. The molecule has 19 heavy (non-hydrogen) atoms. The van der Waals surface area contributed by atoms with Crippen molar-refractivity contribution in [2.75, 3.05) is 0 Å². The fourth-order valence-corrected chi connectivity index (χ4v) is 2.28. The van der Waals surface area contributed by atoms with E-state index in [1.54, 1.807) is 12.2 Å². The van der Waals surface area contributed by atoms with Crippen molar-refractivity contribution < 1.29 is 9.90 Å². The summed E-state index contributed by atoms with van der Waals surface area (Å²) in [7, 11) is 0. The molecule has 1 aromatic carbocycles. The van der Waals surface area contributed by atoms with E-state index in [1.165, 1.54) is 6.08 Å². The normalized spacial score (nSPS) is 21.3. The number of carboxylic acids is 1. The van der Waals surface area contributed by atoms with Crippen molar-refractivity contribution in [3.05, 3.63) is 59.7 Å². The number of hydrogen-bond donors (Lipinski definition) is 1. The maximum Gasteiger partial charge on any atom is 0.335 e. The summed E-state index contributed by atoms with van der Waals surface area (Å²) in [5.74, 6) is -0.992. The van der Waals surface area contributed by atoms with E-state index in [1.807, 2.05) is 30.3 Å². The number of benzene rings is 1. The molecule has 0 aliphatic heterocycles. The second kappa shape index (κ2) is 5.17. The third-order valence-electron chi connectivity index (χ3n) is 3.08. The Balaban J connectivity index is 2.34. The molecule has 0 fully saturated rings. The molecule has 0 bridgehead atoms. The van der Waals surface area contributed by atoms with Gasteiger partial charge in [0.1, 0.15) is 5.41 Å². The molecule has 3 nitrogen and oxygen atoms in total. The SMILES string of the molecule is N#CC1(C(=S)c2ccccc2)C=CC(C(=O)O)=CC1. The van der Waals surface area contributed by atoms with Gasteiger partial charge in [-0.25, -0.2) is 4.79 Å². The first-order valence-corrected chi connectivity index (χ1v) is 6.14. The van der Waals surface area contributed by atoms with Crippen molar-refractivity contribution in [3.63, 3.8) is 0 Å². The van der Waals surface area contributed by atoms with Crippen LogP contribution in [0, 0.1) is 16.7 Å². The van der Waals surface area contributed by atoms with E-state index in [0.29, 0.717) is 4.86 Å². The maximum absolute atomic E-state index is 10.9. The lowest BCUT2D eigenvalue weighted by Crippen LogP contribution is -2.28. The summed E-state index contributed by atoms with van der Waals surface area (Å²) in [4.78, 5) is 11.4. The van der Waals surface area contributed by atoms with Gasteiger partial charge >= 0.3 is 5.97 Å². The Labute approximate surface area is 116 Å². The average Bonchev–Trinajstić information content (AvgIpc) is 2.47. The maximum atomic E-state index is 10.9. The van der Waals surface area contributed by atoms with Crippen LogP contribution in [0.5, 0.6) is 0 Å². The standard InChI is InChI=1S/C15H11NO2S/c16-10-15(8-6-12(7-9-15)14(17)18)13(19)11-4-2-1-3-5-11/h1-8H,9H2,(H,17,18). The van der Waals surface area contributed by atoms with E-state index < -0.39 is 11.4 Å². The van der Waals surface area contributed by atoms with Gasteiger partial charge in [-0.05, 0) is 12.0 Å². The quantitative estimate of drug-likeness (QED) is 0.677. The highest BCUT2D eigenvalue weighted by atomic mass is 32.1. The summed E-state index contributed by atoms with van der Waals surface area (Å²) in [6.07, 6.45) is 4.87. The number of aliphatic carboxylic acids is 1. The zero-order chi connectivity index (χ0) is 13.9. The number of nitriles is 1. The smallest absolute Gasteiger partial charge is 0.335 e. The van der Waals surface area contributed by atoms with Crippen LogP contribution in [0.4, 0.5) is 0 Å². The van der Waals surface area contributed by atoms with E-state index in [-0.39, 0.29) is 12.0 Å². The molecule has 0 amide bonds. The number of hydrogen-bond acceptors (Lipinski definition) is 3. The molecule has 0 saturated carbocycles. The molecular formula is C15H11NO2S.